The van der Waals surface area contributed by atoms with Gasteiger partial charge in [-0.2, -0.15) is 0 Å². The van der Waals surface area contributed by atoms with Crippen LogP contribution in [0.25, 0.3) is 11.3 Å². The Labute approximate surface area is 235 Å². The number of benzene rings is 2. The van der Waals surface area contributed by atoms with Gasteiger partial charge in [-0.25, -0.2) is 0 Å². The van der Waals surface area contributed by atoms with Gasteiger partial charge in [0.15, 0.2) is 0 Å². The van der Waals surface area contributed by atoms with Crippen LogP contribution in [-0.4, -0.2) is 49.5 Å². The van der Waals surface area contributed by atoms with Gasteiger partial charge in [0.05, 0.1) is 37.8 Å². The number of hydrogen-bond donors (Lipinski definition) is 2. The molecule has 0 atom stereocenters. The van der Waals surface area contributed by atoms with Crippen molar-refractivity contribution in [1.29, 1.82) is 0 Å². The molecule has 2 fully saturated rings. The predicted molar refractivity (Wildman–Crippen MR) is 155 cm³/mol. The van der Waals surface area contributed by atoms with E-state index in [0.717, 1.165) is 47.0 Å². The van der Waals surface area contributed by atoms with Crippen LogP contribution in [0.5, 0.6) is 0 Å². The first-order valence-electron chi connectivity index (χ1n) is 13.1. The normalized spacial score (nSPS) is 17.6. The second kappa shape index (κ2) is 10.1. The van der Waals surface area contributed by atoms with E-state index < -0.39 is 0 Å². The van der Waals surface area contributed by atoms with Crippen LogP contribution in [0.3, 0.4) is 0 Å². The molecule has 39 heavy (non-hydrogen) atoms. The second-order valence-corrected chi connectivity index (χ2v) is 12.3. The van der Waals surface area contributed by atoms with Gasteiger partial charge in [-0.15, -0.1) is 0 Å². The van der Waals surface area contributed by atoms with Crippen molar-refractivity contribution in [2.75, 3.05) is 49.7 Å². The van der Waals surface area contributed by atoms with Crippen molar-refractivity contribution in [2.24, 2.45) is 0 Å². The van der Waals surface area contributed by atoms with Crippen LogP contribution in [0.1, 0.15) is 11.3 Å². The van der Waals surface area contributed by atoms with Gasteiger partial charge >= 0.3 is 0 Å². The average Bonchev–Trinajstić information content (AvgIpc) is 2.94. The first kappa shape index (κ1) is 24.8. The molecule has 2 aromatic carbocycles. The molecule has 0 saturated carbocycles. The molecule has 9 heteroatoms. The Morgan fingerprint density at radius 3 is 2.59 bits per heavy atom. The van der Waals surface area contributed by atoms with Gasteiger partial charge in [-0.3, -0.25) is 9.78 Å². The Hall–Kier alpha value is -3.24. The summed E-state index contributed by atoms with van der Waals surface area (Å²) in [6, 6.07) is 20.8. The molecule has 2 aromatic heterocycles. The fourth-order valence-corrected chi connectivity index (χ4v) is 7.60. The number of anilines is 2. The van der Waals surface area contributed by atoms with Crippen molar-refractivity contribution in [1.82, 2.24) is 9.97 Å². The first-order chi connectivity index (χ1) is 19.1. The van der Waals surface area contributed by atoms with E-state index >= 15 is 0 Å². The van der Waals surface area contributed by atoms with Crippen LogP contribution in [0.15, 0.2) is 91.2 Å². The van der Waals surface area contributed by atoms with Crippen molar-refractivity contribution in [3.8, 4) is 11.3 Å². The molecule has 4 aromatic rings. The minimum Gasteiger partial charge on any atom is -0.378 e. The van der Waals surface area contributed by atoms with Gasteiger partial charge in [-0.05, 0) is 48.9 Å². The lowest BCUT2D eigenvalue weighted by molar-refractivity contribution is -0.0467. The number of aryl methyl sites for hydroxylation is 1. The average molecular weight is 557 g/mol. The fraction of sp³-hybridized carbons (Fsp3) is 0.267. The summed E-state index contributed by atoms with van der Waals surface area (Å²) in [5, 5.41) is 3.72. The molecular formula is C30H28N4O3S2. The molecule has 2 N–H and O–H groups in total. The lowest BCUT2D eigenvalue weighted by Crippen LogP contribution is -2.53. The van der Waals surface area contributed by atoms with Gasteiger partial charge in [0.2, 0.25) is 5.56 Å². The van der Waals surface area contributed by atoms with E-state index in [9.17, 15) is 4.79 Å². The first-order valence-corrected chi connectivity index (χ1v) is 14.7. The number of nitrogens with one attached hydrogen (secondary N) is 2. The maximum Gasteiger partial charge on any atom is 0.250 e. The van der Waals surface area contributed by atoms with E-state index in [0.29, 0.717) is 26.4 Å². The summed E-state index contributed by atoms with van der Waals surface area (Å²) >= 11 is 3.52. The summed E-state index contributed by atoms with van der Waals surface area (Å²) in [5.41, 5.74) is 5.62. The number of aromatic amines is 1. The van der Waals surface area contributed by atoms with Gasteiger partial charge in [0.1, 0.15) is 5.54 Å². The molecule has 0 spiro atoms. The zero-order chi connectivity index (χ0) is 26.4. The van der Waals surface area contributed by atoms with Crippen molar-refractivity contribution in [3.63, 3.8) is 0 Å². The Balaban J connectivity index is 1.17. The minimum atomic E-state index is -0.309. The summed E-state index contributed by atoms with van der Waals surface area (Å²) in [6.45, 7) is 6.17. The smallest absolute Gasteiger partial charge is 0.250 e. The van der Waals surface area contributed by atoms with Crippen LogP contribution < -0.4 is 15.8 Å². The number of ether oxygens (including phenoxy) is 2. The monoisotopic (exact) mass is 556 g/mol. The summed E-state index contributed by atoms with van der Waals surface area (Å²) in [4.78, 5) is 27.4. The predicted octanol–water partition coefficient (Wildman–Crippen LogP) is 5.54. The topological polar surface area (TPSA) is 79.5 Å². The highest BCUT2D eigenvalue weighted by Gasteiger charge is 2.42. The second-order valence-electron chi connectivity index (χ2n) is 10.1. The molecule has 0 amide bonds. The lowest BCUT2D eigenvalue weighted by atomic mass is 9.91. The minimum absolute atomic E-state index is 0.0897. The maximum absolute atomic E-state index is 12.6. The summed E-state index contributed by atoms with van der Waals surface area (Å²) in [7, 11) is 0. The molecule has 7 rings (SSSR count). The van der Waals surface area contributed by atoms with E-state index in [4.69, 9.17) is 9.47 Å². The van der Waals surface area contributed by atoms with Crippen molar-refractivity contribution in [2.45, 2.75) is 32.0 Å². The van der Waals surface area contributed by atoms with Crippen molar-refractivity contribution in [3.05, 3.63) is 88.5 Å². The Morgan fingerprint density at radius 2 is 1.82 bits per heavy atom. The number of morpholine rings is 1. The fourth-order valence-electron chi connectivity index (χ4n) is 5.19. The number of pyridine rings is 2. The van der Waals surface area contributed by atoms with Crippen molar-refractivity contribution < 1.29 is 9.47 Å². The Morgan fingerprint density at radius 1 is 0.949 bits per heavy atom. The van der Waals surface area contributed by atoms with Gasteiger partial charge < -0.3 is 24.7 Å². The molecule has 0 bridgehead atoms. The third kappa shape index (κ3) is 4.74. The van der Waals surface area contributed by atoms with Crippen LogP contribution in [-0.2, 0) is 15.0 Å². The Kier molecular flexibility index (Phi) is 6.39. The third-order valence-electron chi connectivity index (χ3n) is 7.33. The standard InChI is InChI=1S/C30H28N4O3S2/c1-19-5-8-27(31-16-19)30(17-37-18-30)33-20-6-7-24-26(13-20)38-25-4-2-3-22(29(25)39-24)23-14-21(15-28(35)32-23)34-9-11-36-12-10-34/h2-8,13-16,33H,9-12,17-18H2,1H3,(H,32,35). The molecule has 7 nitrogen and oxygen atoms in total. The number of H-pyrrole nitrogens is 1. The summed E-state index contributed by atoms with van der Waals surface area (Å²) in [6.07, 6.45) is 1.91. The van der Waals surface area contributed by atoms with Crippen LogP contribution in [0.2, 0.25) is 0 Å². The quantitative estimate of drug-likeness (QED) is 0.292. The molecule has 5 heterocycles. The van der Waals surface area contributed by atoms with Gasteiger partial charge in [-0.1, -0.05) is 41.7 Å². The van der Waals surface area contributed by atoms with Gasteiger partial charge in [0.25, 0.3) is 0 Å². The highest BCUT2D eigenvalue weighted by molar-refractivity contribution is 8.05. The van der Waals surface area contributed by atoms with Crippen LogP contribution >= 0.6 is 23.5 Å². The zero-order valence-electron chi connectivity index (χ0n) is 21.5. The van der Waals surface area contributed by atoms with E-state index in [2.05, 4.69) is 74.8 Å². The molecule has 3 aliphatic rings. The van der Waals surface area contributed by atoms with E-state index in [1.165, 1.54) is 19.6 Å². The molecular weight excluding hydrogens is 528 g/mol. The van der Waals surface area contributed by atoms with Crippen LogP contribution in [0.4, 0.5) is 11.4 Å². The van der Waals surface area contributed by atoms with Gasteiger partial charge in [0, 0.05) is 61.9 Å². The number of hydrogen-bond acceptors (Lipinski definition) is 8. The van der Waals surface area contributed by atoms with E-state index in [1.807, 2.05) is 13.1 Å². The van der Waals surface area contributed by atoms with E-state index in [-0.39, 0.29) is 11.1 Å². The molecule has 0 aliphatic carbocycles. The molecule has 3 aliphatic heterocycles. The summed E-state index contributed by atoms with van der Waals surface area (Å²) in [5.74, 6) is 0. The number of aromatic nitrogens is 2. The summed E-state index contributed by atoms with van der Waals surface area (Å²) < 4.78 is 11.1. The number of rotatable bonds is 5. The molecule has 2 saturated heterocycles. The van der Waals surface area contributed by atoms with E-state index in [1.54, 1.807) is 29.6 Å². The Bertz CT molecular complexity index is 1600. The maximum atomic E-state index is 12.6. The zero-order valence-corrected chi connectivity index (χ0v) is 23.2. The molecule has 198 valence electrons. The SMILES string of the molecule is Cc1ccc(C2(Nc3ccc4c(c3)Sc3cccc(-c5cc(N6CCOCC6)cc(=O)[nH]5)c3S4)COC2)nc1. The molecule has 0 unspecified atom stereocenters. The number of fused-ring (bicyclic) bond motifs is 2. The highest BCUT2D eigenvalue weighted by atomic mass is 32.2. The highest BCUT2D eigenvalue weighted by Crippen LogP contribution is 2.52. The largest absolute Gasteiger partial charge is 0.378 e. The lowest BCUT2D eigenvalue weighted by Gasteiger charge is -2.42. The number of nitrogens with zero attached hydrogens (tertiary/aromatic N) is 2. The van der Waals surface area contributed by atoms with Crippen molar-refractivity contribution >= 4 is 34.9 Å². The molecule has 0 radical (unpaired) electrons. The van der Waals surface area contributed by atoms with Crippen LogP contribution in [0, 0.1) is 6.92 Å². The third-order valence-corrected chi connectivity index (χ3v) is 9.93.